The van der Waals surface area contributed by atoms with Gasteiger partial charge in [-0.3, -0.25) is 9.48 Å². The Morgan fingerprint density at radius 2 is 1.75 bits per heavy atom. The summed E-state index contributed by atoms with van der Waals surface area (Å²) >= 11 is 0. The average Bonchev–Trinajstić information content (AvgIpc) is 3.53. The van der Waals surface area contributed by atoms with E-state index in [0.717, 1.165) is 17.7 Å². The number of fused-ring (bicyclic) bond motifs is 1. The summed E-state index contributed by atoms with van der Waals surface area (Å²) in [5.41, 5.74) is 2.82. The SMILES string of the molecule is CCC1Cc2c(nn(C)c2-c2cc(F)c(F)c(F)c2)C(CC)N1C(=O)c1ncccc1-n1nccn1. The van der Waals surface area contributed by atoms with Crippen LogP contribution < -0.4 is 0 Å². The number of carbonyl (C=O) groups excluding carboxylic acids is 1. The summed E-state index contributed by atoms with van der Waals surface area (Å²) in [6.07, 6.45) is 6.20. The average molecular weight is 496 g/mol. The fourth-order valence-electron chi connectivity index (χ4n) is 5.05. The van der Waals surface area contributed by atoms with E-state index in [4.69, 9.17) is 0 Å². The minimum atomic E-state index is -1.51. The number of aromatic nitrogens is 6. The third-order valence-electron chi connectivity index (χ3n) is 6.63. The first-order valence-electron chi connectivity index (χ1n) is 11.7. The predicted molar refractivity (Wildman–Crippen MR) is 125 cm³/mol. The van der Waals surface area contributed by atoms with Crippen molar-refractivity contribution in [1.29, 1.82) is 0 Å². The molecule has 0 fully saturated rings. The largest absolute Gasteiger partial charge is 0.325 e. The molecule has 2 atom stereocenters. The molecule has 0 radical (unpaired) electrons. The van der Waals surface area contributed by atoms with Gasteiger partial charge in [0, 0.05) is 30.4 Å². The molecule has 1 aliphatic rings. The zero-order valence-corrected chi connectivity index (χ0v) is 20.0. The first-order valence-corrected chi connectivity index (χ1v) is 11.7. The molecule has 0 saturated heterocycles. The molecule has 8 nitrogen and oxygen atoms in total. The molecule has 5 rings (SSSR count). The monoisotopic (exact) mass is 495 g/mol. The zero-order chi connectivity index (χ0) is 25.6. The van der Waals surface area contributed by atoms with Crippen LogP contribution in [0.2, 0.25) is 0 Å². The Bertz CT molecular complexity index is 1410. The van der Waals surface area contributed by atoms with Gasteiger partial charge in [-0.05, 0) is 43.5 Å². The zero-order valence-electron chi connectivity index (χ0n) is 20.0. The van der Waals surface area contributed by atoms with Gasteiger partial charge < -0.3 is 4.90 Å². The Labute approximate surface area is 205 Å². The molecule has 36 heavy (non-hydrogen) atoms. The predicted octanol–water partition coefficient (Wildman–Crippen LogP) is 4.41. The molecule has 11 heteroatoms. The quantitative estimate of drug-likeness (QED) is 0.383. The molecule has 0 saturated carbocycles. The number of pyridine rings is 1. The van der Waals surface area contributed by atoms with Crippen molar-refractivity contribution >= 4 is 5.91 Å². The highest BCUT2D eigenvalue weighted by Gasteiger charge is 2.41. The van der Waals surface area contributed by atoms with Crippen LogP contribution in [0.5, 0.6) is 0 Å². The van der Waals surface area contributed by atoms with Crippen molar-refractivity contribution in [3.63, 3.8) is 0 Å². The van der Waals surface area contributed by atoms with Gasteiger partial charge in [-0.25, -0.2) is 18.2 Å². The first kappa shape index (κ1) is 23.7. The van der Waals surface area contributed by atoms with Crippen LogP contribution in [-0.2, 0) is 13.5 Å². The summed E-state index contributed by atoms with van der Waals surface area (Å²) in [4.78, 5) is 21.5. The molecule has 0 aliphatic carbocycles. The number of rotatable bonds is 5. The van der Waals surface area contributed by atoms with Crippen LogP contribution >= 0.6 is 0 Å². The van der Waals surface area contributed by atoms with Gasteiger partial charge >= 0.3 is 0 Å². The van der Waals surface area contributed by atoms with Crippen LogP contribution in [0.1, 0.15) is 54.5 Å². The molecule has 1 amide bonds. The van der Waals surface area contributed by atoms with Gasteiger partial charge in [0.2, 0.25) is 0 Å². The fraction of sp³-hybridized carbons (Fsp3) is 0.320. The molecule has 2 unspecified atom stereocenters. The van der Waals surface area contributed by atoms with Crippen molar-refractivity contribution in [2.24, 2.45) is 7.05 Å². The Morgan fingerprint density at radius 1 is 1.06 bits per heavy atom. The third-order valence-corrected chi connectivity index (χ3v) is 6.63. The van der Waals surface area contributed by atoms with E-state index in [1.807, 2.05) is 13.8 Å². The normalized spacial score (nSPS) is 17.3. The van der Waals surface area contributed by atoms with Crippen molar-refractivity contribution in [3.8, 4) is 16.9 Å². The Morgan fingerprint density at radius 3 is 2.39 bits per heavy atom. The van der Waals surface area contributed by atoms with E-state index >= 15 is 0 Å². The number of halogens is 3. The number of hydrogen-bond acceptors (Lipinski definition) is 5. The minimum Gasteiger partial charge on any atom is -0.325 e. The summed E-state index contributed by atoms with van der Waals surface area (Å²) in [5, 5.41) is 13.0. The van der Waals surface area contributed by atoms with E-state index in [9.17, 15) is 18.0 Å². The molecule has 0 bridgehead atoms. The van der Waals surface area contributed by atoms with Gasteiger partial charge in [0.25, 0.3) is 5.91 Å². The molecule has 1 aliphatic heterocycles. The highest BCUT2D eigenvalue weighted by molar-refractivity contribution is 5.96. The Kier molecular flexibility index (Phi) is 6.07. The van der Waals surface area contributed by atoms with E-state index < -0.39 is 23.5 Å². The molecule has 186 valence electrons. The molecule has 4 aromatic rings. The molecule has 1 aromatic carbocycles. The van der Waals surface area contributed by atoms with Crippen molar-refractivity contribution < 1.29 is 18.0 Å². The first-order chi connectivity index (χ1) is 17.3. The van der Waals surface area contributed by atoms with Crippen LogP contribution in [0.15, 0.2) is 42.9 Å². The second kappa shape index (κ2) is 9.21. The van der Waals surface area contributed by atoms with Crippen molar-refractivity contribution in [3.05, 3.63) is 77.3 Å². The molecule has 0 N–H and O–H groups in total. The number of nitrogens with zero attached hydrogens (tertiary/aromatic N) is 7. The lowest BCUT2D eigenvalue weighted by Gasteiger charge is -2.41. The minimum absolute atomic E-state index is 0.198. The van der Waals surface area contributed by atoms with E-state index in [1.165, 1.54) is 17.2 Å². The smallest absolute Gasteiger partial charge is 0.275 e. The number of amides is 1. The van der Waals surface area contributed by atoms with Crippen molar-refractivity contribution in [2.45, 2.75) is 45.2 Å². The molecule has 4 heterocycles. The fourth-order valence-corrected chi connectivity index (χ4v) is 5.05. The van der Waals surface area contributed by atoms with Gasteiger partial charge in [0.15, 0.2) is 23.1 Å². The van der Waals surface area contributed by atoms with Crippen LogP contribution in [0, 0.1) is 17.5 Å². The number of benzene rings is 1. The van der Waals surface area contributed by atoms with Crippen LogP contribution in [0.25, 0.3) is 16.9 Å². The van der Waals surface area contributed by atoms with Gasteiger partial charge in [-0.1, -0.05) is 13.8 Å². The maximum Gasteiger partial charge on any atom is 0.275 e. The summed E-state index contributed by atoms with van der Waals surface area (Å²) in [6, 6.07) is 4.77. The summed E-state index contributed by atoms with van der Waals surface area (Å²) in [5.74, 6) is -4.32. The van der Waals surface area contributed by atoms with Crippen molar-refractivity contribution in [2.75, 3.05) is 0 Å². The van der Waals surface area contributed by atoms with Gasteiger partial charge in [-0.15, -0.1) is 4.80 Å². The maximum atomic E-state index is 14.1. The summed E-state index contributed by atoms with van der Waals surface area (Å²) < 4.78 is 43.3. The van der Waals surface area contributed by atoms with Crippen LogP contribution in [-0.4, -0.2) is 46.6 Å². The Balaban J connectivity index is 1.62. The topological polar surface area (TPSA) is 81.7 Å². The van der Waals surface area contributed by atoms with E-state index in [-0.39, 0.29) is 23.2 Å². The standard InChI is InChI=1S/C25H24F3N7O/c1-4-15-13-16-22(32-33(3)24(16)14-11-17(26)21(28)18(27)12-14)19(5-2)34(15)25(36)23-20(7-6-8-29-23)35-30-9-10-31-35/h6-12,15,19H,4-5,13H2,1-3H3. The Hall–Kier alpha value is -4.02. The van der Waals surface area contributed by atoms with E-state index in [1.54, 1.807) is 35.0 Å². The number of carbonyl (C=O) groups is 1. The number of hydrogen-bond donors (Lipinski definition) is 0. The molecule has 0 spiro atoms. The third kappa shape index (κ3) is 3.75. The summed E-state index contributed by atoms with van der Waals surface area (Å²) in [7, 11) is 1.67. The molecule has 3 aromatic heterocycles. The molecular formula is C25H24F3N7O. The van der Waals surface area contributed by atoms with Gasteiger partial charge in [-0.2, -0.15) is 15.3 Å². The van der Waals surface area contributed by atoms with Gasteiger partial charge in [0.05, 0.1) is 29.8 Å². The lowest BCUT2D eigenvalue weighted by Crippen LogP contribution is -2.47. The second-order valence-corrected chi connectivity index (χ2v) is 8.68. The van der Waals surface area contributed by atoms with E-state index in [2.05, 4.69) is 20.3 Å². The maximum absolute atomic E-state index is 14.1. The van der Waals surface area contributed by atoms with Crippen molar-refractivity contribution in [1.82, 2.24) is 34.7 Å². The lowest BCUT2D eigenvalue weighted by atomic mass is 9.87. The number of aryl methyl sites for hydroxylation is 1. The van der Waals surface area contributed by atoms with Crippen LogP contribution in [0.3, 0.4) is 0 Å². The van der Waals surface area contributed by atoms with Gasteiger partial charge in [0.1, 0.15) is 5.69 Å². The highest BCUT2D eigenvalue weighted by atomic mass is 19.2. The highest BCUT2D eigenvalue weighted by Crippen LogP contribution is 2.41. The molecular weight excluding hydrogens is 471 g/mol. The summed E-state index contributed by atoms with van der Waals surface area (Å²) in [6.45, 7) is 3.93. The van der Waals surface area contributed by atoms with E-state index in [0.29, 0.717) is 36.3 Å². The lowest BCUT2D eigenvalue weighted by molar-refractivity contribution is 0.0506. The van der Waals surface area contributed by atoms with Crippen LogP contribution in [0.4, 0.5) is 13.2 Å². The second-order valence-electron chi connectivity index (χ2n) is 8.68.